The molecule has 0 bridgehead atoms. The van der Waals surface area contributed by atoms with Crippen LogP contribution in [0.15, 0.2) is 97.2 Å². The third-order valence-corrected chi connectivity index (χ3v) is 4.22. The van der Waals surface area contributed by atoms with Crippen molar-refractivity contribution in [2.45, 2.75) is 64.5 Å². The van der Waals surface area contributed by atoms with Crippen LogP contribution in [-0.4, -0.2) is 34.9 Å². The summed E-state index contributed by atoms with van der Waals surface area (Å²) in [5.41, 5.74) is 0. The van der Waals surface area contributed by atoms with E-state index in [1.165, 1.54) is 0 Å². The second-order valence-corrected chi connectivity index (χ2v) is 7.12. The topological polar surface area (TPSA) is 69.6 Å². The molecule has 0 spiro atoms. The predicted octanol–water partition coefficient (Wildman–Crippen LogP) is 5.65. The maximum atomic E-state index is 12.0. The van der Waals surface area contributed by atoms with Crippen LogP contribution in [0, 0.1) is 0 Å². The van der Waals surface area contributed by atoms with E-state index in [4.69, 9.17) is 0 Å². The first-order chi connectivity index (χ1) is 15.7. The smallest absolute Gasteiger partial charge is 0.224 e. The molecule has 0 aromatic carbocycles. The molecule has 0 aromatic heterocycles. The van der Waals surface area contributed by atoms with Crippen LogP contribution in [0.3, 0.4) is 0 Å². The van der Waals surface area contributed by atoms with E-state index >= 15 is 0 Å². The highest BCUT2D eigenvalue weighted by Crippen LogP contribution is 2.01. The van der Waals surface area contributed by atoms with Crippen molar-refractivity contribution >= 4 is 5.91 Å². The molecular weight excluding hydrogens is 398 g/mol. The zero-order valence-corrected chi connectivity index (χ0v) is 19.6. The SMILES string of the molecule is CC/C=C/CC/C=C/[C@@H](O)[C@H](CO)NC(=O)C/C=C/C=C/C=C/C=C/C=C/C=C/CCC. The second-order valence-electron chi connectivity index (χ2n) is 7.12. The molecule has 4 heteroatoms. The minimum atomic E-state index is -0.914. The van der Waals surface area contributed by atoms with Crippen LogP contribution in [0.5, 0.6) is 0 Å². The lowest BCUT2D eigenvalue weighted by atomic mass is 10.1. The van der Waals surface area contributed by atoms with Gasteiger partial charge in [0.15, 0.2) is 0 Å². The third kappa shape index (κ3) is 19.3. The molecule has 176 valence electrons. The van der Waals surface area contributed by atoms with Crippen molar-refractivity contribution in [1.29, 1.82) is 0 Å². The molecule has 0 aliphatic rings. The van der Waals surface area contributed by atoms with E-state index in [9.17, 15) is 15.0 Å². The van der Waals surface area contributed by atoms with Crippen LogP contribution in [0.25, 0.3) is 0 Å². The number of carbonyl (C=O) groups is 1. The monoisotopic (exact) mass is 439 g/mol. The summed E-state index contributed by atoms with van der Waals surface area (Å²) in [7, 11) is 0. The Labute approximate surface area is 194 Å². The number of allylic oxidation sites excluding steroid dienone is 14. The van der Waals surface area contributed by atoms with Crippen LogP contribution >= 0.6 is 0 Å². The predicted molar refractivity (Wildman–Crippen MR) is 137 cm³/mol. The highest BCUT2D eigenvalue weighted by atomic mass is 16.3. The minimum absolute atomic E-state index is 0.180. The molecule has 0 heterocycles. The van der Waals surface area contributed by atoms with Crippen molar-refractivity contribution in [1.82, 2.24) is 5.32 Å². The van der Waals surface area contributed by atoms with E-state index in [1.807, 2.05) is 60.8 Å². The summed E-state index contributed by atoms with van der Waals surface area (Å²) < 4.78 is 0. The van der Waals surface area contributed by atoms with Crippen LogP contribution < -0.4 is 5.32 Å². The molecular formula is C28H41NO3. The van der Waals surface area contributed by atoms with Gasteiger partial charge in [-0.05, 0) is 25.7 Å². The van der Waals surface area contributed by atoms with E-state index in [1.54, 1.807) is 18.2 Å². The summed E-state index contributed by atoms with van der Waals surface area (Å²) in [5.74, 6) is -0.245. The highest BCUT2D eigenvalue weighted by molar-refractivity contribution is 5.77. The van der Waals surface area contributed by atoms with Crippen molar-refractivity contribution < 1.29 is 15.0 Å². The second kappa shape index (κ2) is 23.0. The number of aliphatic hydroxyl groups is 2. The number of carbonyl (C=O) groups excluding carboxylic acids is 1. The van der Waals surface area contributed by atoms with Gasteiger partial charge < -0.3 is 15.5 Å². The van der Waals surface area contributed by atoms with Gasteiger partial charge in [0.1, 0.15) is 0 Å². The number of rotatable bonds is 17. The van der Waals surface area contributed by atoms with Crippen LogP contribution in [-0.2, 0) is 4.79 Å². The molecule has 0 radical (unpaired) electrons. The van der Waals surface area contributed by atoms with Gasteiger partial charge in [-0.1, -0.05) is 117 Å². The summed E-state index contributed by atoms with van der Waals surface area (Å²) in [6.45, 7) is 3.92. The van der Waals surface area contributed by atoms with Gasteiger partial charge in [-0.25, -0.2) is 0 Å². The third-order valence-electron chi connectivity index (χ3n) is 4.22. The molecule has 0 rings (SSSR count). The van der Waals surface area contributed by atoms with Gasteiger partial charge in [-0.2, -0.15) is 0 Å². The number of aliphatic hydroxyl groups excluding tert-OH is 2. The highest BCUT2D eigenvalue weighted by Gasteiger charge is 2.17. The zero-order valence-electron chi connectivity index (χ0n) is 19.6. The molecule has 3 N–H and O–H groups in total. The number of amides is 1. The lowest BCUT2D eigenvalue weighted by Gasteiger charge is -2.19. The lowest BCUT2D eigenvalue weighted by molar-refractivity contribution is -0.122. The first-order valence-electron chi connectivity index (χ1n) is 11.5. The quantitative estimate of drug-likeness (QED) is 0.156. The average molecular weight is 440 g/mol. The Hall–Kier alpha value is -2.69. The molecule has 0 unspecified atom stereocenters. The molecule has 1 amide bonds. The van der Waals surface area contributed by atoms with E-state index in [0.717, 1.165) is 32.1 Å². The molecule has 0 saturated carbocycles. The van der Waals surface area contributed by atoms with E-state index in [-0.39, 0.29) is 18.9 Å². The maximum Gasteiger partial charge on any atom is 0.224 e. The largest absolute Gasteiger partial charge is 0.394 e. The molecule has 0 aliphatic carbocycles. The zero-order chi connectivity index (χ0) is 23.7. The van der Waals surface area contributed by atoms with Gasteiger partial charge in [-0.3, -0.25) is 4.79 Å². The Bertz CT molecular complexity index is 693. The fraction of sp³-hybridized carbons (Fsp3) is 0.393. The fourth-order valence-electron chi connectivity index (χ4n) is 2.46. The van der Waals surface area contributed by atoms with E-state index < -0.39 is 12.1 Å². The Morgan fingerprint density at radius 3 is 1.88 bits per heavy atom. The Balaban J connectivity index is 4.17. The van der Waals surface area contributed by atoms with Gasteiger partial charge in [-0.15, -0.1) is 0 Å². The summed E-state index contributed by atoms with van der Waals surface area (Å²) in [5, 5.41) is 22.2. The molecule has 0 fully saturated rings. The van der Waals surface area contributed by atoms with Gasteiger partial charge in [0, 0.05) is 6.42 Å². The number of unbranched alkanes of at least 4 members (excludes halogenated alkanes) is 2. The van der Waals surface area contributed by atoms with Crippen molar-refractivity contribution in [3.8, 4) is 0 Å². The number of hydrogen-bond donors (Lipinski definition) is 3. The van der Waals surface area contributed by atoms with E-state index in [0.29, 0.717) is 0 Å². The van der Waals surface area contributed by atoms with Crippen LogP contribution in [0.2, 0.25) is 0 Å². The molecule has 2 atom stereocenters. The number of hydrogen-bond acceptors (Lipinski definition) is 3. The van der Waals surface area contributed by atoms with Gasteiger partial charge in [0.25, 0.3) is 0 Å². The van der Waals surface area contributed by atoms with Crippen molar-refractivity contribution in [2.24, 2.45) is 0 Å². The summed E-state index contributed by atoms with van der Waals surface area (Å²) in [6, 6.07) is -0.709. The standard InChI is InChI=1S/C28H41NO3/c1-3-5-7-9-11-12-13-14-15-16-17-18-20-22-24-28(32)29-26(25-30)27(31)23-21-19-10-8-6-4-2/h6-9,11-18,20-23,26-27,30-31H,3-5,10,19,24-25H2,1-2H3,(H,29,32)/b8-6+,9-7+,12-11+,14-13+,16-15+,18-17+,22-20+,23-21+/t26-,27+/m0/s1. The van der Waals surface area contributed by atoms with Gasteiger partial charge in [0.2, 0.25) is 5.91 Å². The molecule has 32 heavy (non-hydrogen) atoms. The summed E-state index contributed by atoms with van der Waals surface area (Å²) >= 11 is 0. The first kappa shape index (κ1) is 29.3. The van der Waals surface area contributed by atoms with Crippen molar-refractivity contribution in [3.05, 3.63) is 97.2 Å². The van der Waals surface area contributed by atoms with Gasteiger partial charge >= 0.3 is 0 Å². The summed E-state index contributed by atoms with van der Waals surface area (Å²) in [4.78, 5) is 12.0. The first-order valence-corrected chi connectivity index (χ1v) is 11.5. The maximum absolute atomic E-state index is 12.0. The van der Waals surface area contributed by atoms with Crippen molar-refractivity contribution in [2.75, 3.05) is 6.61 Å². The Kier molecular flexibility index (Phi) is 21.1. The van der Waals surface area contributed by atoms with Crippen molar-refractivity contribution in [3.63, 3.8) is 0 Å². The van der Waals surface area contributed by atoms with Crippen LogP contribution in [0.1, 0.15) is 52.4 Å². The molecule has 0 aliphatic heterocycles. The van der Waals surface area contributed by atoms with Crippen LogP contribution in [0.4, 0.5) is 0 Å². The summed E-state index contributed by atoms with van der Waals surface area (Å²) in [6.07, 6.45) is 35.1. The molecule has 0 saturated heterocycles. The Morgan fingerprint density at radius 1 is 0.750 bits per heavy atom. The normalized spacial score (nSPS) is 15.2. The van der Waals surface area contributed by atoms with Gasteiger partial charge in [0.05, 0.1) is 18.8 Å². The fourth-order valence-corrected chi connectivity index (χ4v) is 2.46. The number of nitrogens with one attached hydrogen (secondary N) is 1. The average Bonchev–Trinajstić information content (AvgIpc) is 2.79. The molecule has 4 nitrogen and oxygen atoms in total. The molecule has 0 aromatic rings. The van der Waals surface area contributed by atoms with E-state index in [2.05, 4.69) is 37.4 Å². The Morgan fingerprint density at radius 2 is 1.31 bits per heavy atom. The lowest BCUT2D eigenvalue weighted by Crippen LogP contribution is -2.44. The minimum Gasteiger partial charge on any atom is -0.394 e.